The highest BCUT2D eigenvalue weighted by Crippen LogP contribution is 2.14. The number of nitrogens with two attached hydrogens (primary N) is 1. The van der Waals surface area contributed by atoms with E-state index in [1.165, 1.54) is 4.31 Å². The quantitative estimate of drug-likeness (QED) is 0.260. The normalized spacial score (nSPS) is 22.7. The molecule has 0 radical (unpaired) electrons. The smallest absolute Gasteiger partial charge is 0.280 e. The second-order valence-corrected chi connectivity index (χ2v) is 5.96. The Morgan fingerprint density at radius 3 is 2.56 bits per heavy atom. The molecule has 1 aliphatic heterocycles. The van der Waals surface area contributed by atoms with Crippen molar-refractivity contribution in [2.45, 2.75) is 25.8 Å². The molecule has 1 saturated heterocycles. The van der Waals surface area contributed by atoms with Gasteiger partial charge in [-0.05, 0) is 13.3 Å². The zero-order valence-electron chi connectivity index (χ0n) is 10.6. The van der Waals surface area contributed by atoms with Crippen molar-refractivity contribution < 1.29 is 18.4 Å². The third-order valence-electron chi connectivity index (χ3n) is 3.04. The van der Waals surface area contributed by atoms with Crippen molar-refractivity contribution in [3.05, 3.63) is 0 Å². The van der Waals surface area contributed by atoms with Crippen molar-refractivity contribution in [2.24, 2.45) is 10.9 Å². The average Bonchev–Trinajstić information content (AvgIpc) is 2.38. The van der Waals surface area contributed by atoms with Crippen molar-refractivity contribution in [1.82, 2.24) is 9.03 Å². The Kier molecular flexibility index (Phi) is 4.91. The van der Waals surface area contributed by atoms with Crippen LogP contribution in [0.3, 0.4) is 0 Å². The molecule has 0 spiro atoms. The Balaban J connectivity index is 2.86. The van der Waals surface area contributed by atoms with Crippen LogP contribution in [0.1, 0.15) is 20.3 Å². The van der Waals surface area contributed by atoms with E-state index in [1.807, 2.05) is 0 Å². The van der Waals surface area contributed by atoms with Gasteiger partial charge in [0.05, 0.1) is 18.8 Å². The largest absolute Gasteiger partial charge is 0.409 e. The van der Waals surface area contributed by atoms with E-state index in [2.05, 4.69) is 9.88 Å². The molecule has 1 unspecified atom stereocenters. The van der Waals surface area contributed by atoms with Crippen LogP contribution < -0.4 is 10.5 Å². The molecule has 1 heterocycles. The van der Waals surface area contributed by atoms with Gasteiger partial charge in [0.1, 0.15) is 0 Å². The summed E-state index contributed by atoms with van der Waals surface area (Å²) in [4.78, 5) is 0. The Labute approximate surface area is 107 Å². The minimum atomic E-state index is -3.68. The molecule has 106 valence electrons. The molecule has 8 nitrogen and oxygen atoms in total. The number of ether oxygens (including phenoxy) is 1. The monoisotopic (exact) mass is 280 g/mol. The van der Waals surface area contributed by atoms with Crippen LogP contribution in [0.25, 0.3) is 0 Å². The first kappa shape index (κ1) is 15.2. The molecule has 0 amide bonds. The molecule has 9 heteroatoms. The Morgan fingerprint density at radius 1 is 1.56 bits per heavy atom. The molecule has 0 aromatic rings. The summed E-state index contributed by atoms with van der Waals surface area (Å²) in [5, 5.41) is 11.6. The number of nitrogens with one attached hydrogen (secondary N) is 1. The SMILES string of the molecule is CCC(C)(NS(=O)(=O)N1CCOCC1)/C(N)=N/O. The number of nitrogens with zero attached hydrogens (tertiary/aromatic N) is 2. The van der Waals surface area contributed by atoms with Gasteiger partial charge >= 0.3 is 0 Å². The third-order valence-corrected chi connectivity index (χ3v) is 4.80. The van der Waals surface area contributed by atoms with E-state index in [4.69, 9.17) is 15.7 Å². The van der Waals surface area contributed by atoms with Crippen molar-refractivity contribution in [3.63, 3.8) is 0 Å². The fourth-order valence-electron chi connectivity index (χ4n) is 1.55. The maximum absolute atomic E-state index is 12.1. The highest BCUT2D eigenvalue weighted by Gasteiger charge is 2.36. The molecule has 1 rings (SSSR count). The molecule has 1 aliphatic rings. The molecule has 4 N–H and O–H groups in total. The fraction of sp³-hybridized carbons (Fsp3) is 0.889. The topological polar surface area (TPSA) is 117 Å². The van der Waals surface area contributed by atoms with Gasteiger partial charge < -0.3 is 15.7 Å². The lowest BCUT2D eigenvalue weighted by Gasteiger charge is -2.32. The molecule has 0 bridgehead atoms. The average molecular weight is 280 g/mol. The van der Waals surface area contributed by atoms with E-state index in [9.17, 15) is 8.42 Å². The summed E-state index contributed by atoms with van der Waals surface area (Å²) >= 11 is 0. The number of hydrogen-bond acceptors (Lipinski definition) is 5. The van der Waals surface area contributed by atoms with Crippen LogP contribution in [-0.4, -0.2) is 55.6 Å². The Bertz CT molecular complexity index is 405. The lowest BCUT2D eigenvalue weighted by atomic mass is 10.00. The molecule has 0 aliphatic carbocycles. The fourth-order valence-corrected chi connectivity index (χ4v) is 3.13. The number of hydrogen-bond donors (Lipinski definition) is 3. The summed E-state index contributed by atoms with van der Waals surface area (Å²) in [5.74, 6) is -0.165. The third kappa shape index (κ3) is 3.31. The molecular formula is C9H20N4O4S. The van der Waals surface area contributed by atoms with Gasteiger partial charge in [-0.3, -0.25) is 0 Å². The van der Waals surface area contributed by atoms with E-state index in [-0.39, 0.29) is 5.84 Å². The summed E-state index contributed by atoms with van der Waals surface area (Å²) < 4.78 is 33.1. The first-order chi connectivity index (χ1) is 8.35. The maximum Gasteiger partial charge on any atom is 0.280 e. The second kappa shape index (κ2) is 5.83. The first-order valence-electron chi connectivity index (χ1n) is 5.70. The maximum atomic E-state index is 12.1. The van der Waals surface area contributed by atoms with Gasteiger partial charge in [-0.2, -0.15) is 17.4 Å². The van der Waals surface area contributed by atoms with Gasteiger partial charge in [-0.1, -0.05) is 12.1 Å². The lowest BCUT2D eigenvalue weighted by Crippen LogP contribution is -2.59. The lowest BCUT2D eigenvalue weighted by molar-refractivity contribution is 0.0721. The van der Waals surface area contributed by atoms with E-state index < -0.39 is 15.7 Å². The molecule has 1 atom stereocenters. The van der Waals surface area contributed by atoms with Crippen LogP contribution in [-0.2, 0) is 14.9 Å². The minimum Gasteiger partial charge on any atom is -0.409 e. The van der Waals surface area contributed by atoms with Crippen LogP contribution in [0.5, 0.6) is 0 Å². The van der Waals surface area contributed by atoms with Crippen LogP contribution in [0.2, 0.25) is 0 Å². The van der Waals surface area contributed by atoms with E-state index in [0.717, 1.165) is 0 Å². The van der Waals surface area contributed by atoms with E-state index in [1.54, 1.807) is 13.8 Å². The number of rotatable bonds is 5. The molecule has 0 aromatic carbocycles. The predicted molar refractivity (Wildman–Crippen MR) is 66.6 cm³/mol. The van der Waals surface area contributed by atoms with E-state index >= 15 is 0 Å². The standard InChI is InChI=1S/C9H20N4O4S/c1-3-9(2,8(10)11-14)12-18(15,16)13-4-6-17-7-5-13/h12,14H,3-7H2,1-2H3,(H2,10,11). The van der Waals surface area contributed by atoms with Gasteiger partial charge in [0.15, 0.2) is 5.84 Å². The molecule has 0 aromatic heterocycles. The van der Waals surface area contributed by atoms with E-state index in [0.29, 0.717) is 32.7 Å². The highest BCUT2D eigenvalue weighted by molar-refractivity contribution is 7.87. The highest BCUT2D eigenvalue weighted by atomic mass is 32.2. The second-order valence-electron chi connectivity index (χ2n) is 4.29. The van der Waals surface area contributed by atoms with Gasteiger partial charge in [0.25, 0.3) is 10.2 Å². The Hall–Kier alpha value is -0.900. The van der Waals surface area contributed by atoms with Crippen LogP contribution >= 0.6 is 0 Å². The minimum absolute atomic E-state index is 0.165. The summed E-state index contributed by atoms with van der Waals surface area (Å²) in [5.41, 5.74) is 4.42. The summed E-state index contributed by atoms with van der Waals surface area (Å²) in [6, 6.07) is 0. The van der Waals surface area contributed by atoms with Crippen molar-refractivity contribution in [2.75, 3.05) is 26.3 Å². The summed E-state index contributed by atoms with van der Waals surface area (Å²) in [7, 11) is -3.68. The van der Waals surface area contributed by atoms with Gasteiger partial charge in [-0.25, -0.2) is 0 Å². The van der Waals surface area contributed by atoms with Gasteiger partial charge in [0.2, 0.25) is 0 Å². The zero-order valence-corrected chi connectivity index (χ0v) is 11.4. The number of oxime groups is 1. The number of morpholine rings is 1. The summed E-state index contributed by atoms with van der Waals surface area (Å²) in [6.45, 7) is 4.65. The van der Waals surface area contributed by atoms with Crippen LogP contribution in [0.4, 0.5) is 0 Å². The summed E-state index contributed by atoms with van der Waals surface area (Å²) in [6.07, 6.45) is 0.368. The van der Waals surface area contributed by atoms with Crippen molar-refractivity contribution >= 4 is 16.0 Å². The molecule has 18 heavy (non-hydrogen) atoms. The predicted octanol–water partition coefficient (Wildman–Crippen LogP) is -0.932. The van der Waals surface area contributed by atoms with Gasteiger partial charge in [-0.15, -0.1) is 0 Å². The van der Waals surface area contributed by atoms with Crippen LogP contribution in [0, 0.1) is 0 Å². The van der Waals surface area contributed by atoms with Crippen LogP contribution in [0.15, 0.2) is 5.16 Å². The first-order valence-corrected chi connectivity index (χ1v) is 7.14. The zero-order chi connectivity index (χ0) is 13.8. The molecular weight excluding hydrogens is 260 g/mol. The molecule has 0 saturated carbocycles. The molecule has 1 fully saturated rings. The Morgan fingerprint density at radius 2 is 2.11 bits per heavy atom. The van der Waals surface area contributed by atoms with Crippen molar-refractivity contribution in [3.8, 4) is 0 Å². The number of amidine groups is 1. The van der Waals surface area contributed by atoms with Crippen molar-refractivity contribution in [1.29, 1.82) is 0 Å². The van der Waals surface area contributed by atoms with Gasteiger partial charge in [0, 0.05) is 13.1 Å².